The highest BCUT2D eigenvalue weighted by Gasteiger charge is 2.26. The minimum absolute atomic E-state index is 0.157. The van der Waals surface area contributed by atoms with Crippen molar-refractivity contribution in [2.45, 2.75) is 32.7 Å². The van der Waals surface area contributed by atoms with E-state index < -0.39 is 17.4 Å². The molecule has 0 bridgehead atoms. The lowest BCUT2D eigenvalue weighted by molar-refractivity contribution is -0.138. The fourth-order valence-electron chi connectivity index (χ4n) is 1.30. The van der Waals surface area contributed by atoms with E-state index in [4.69, 9.17) is 5.11 Å². The molecule has 0 aromatic carbocycles. The number of hydrogen-bond donors (Lipinski definition) is 2. The van der Waals surface area contributed by atoms with Gasteiger partial charge in [0.1, 0.15) is 6.26 Å². The number of hydrogen-bond acceptors (Lipinski definition) is 4. The lowest BCUT2D eigenvalue weighted by Gasteiger charge is -2.23. The van der Waals surface area contributed by atoms with E-state index in [0.717, 1.165) is 0 Å². The number of nitrogens with one attached hydrogen (secondary N) is 1. The average Bonchev–Trinajstić information content (AvgIpc) is 2.47. The minimum Gasteiger partial charge on any atom is -0.481 e. The first-order valence-corrected chi connectivity index (χ1v) is 4.77. The van der Waals surface area contributed by atoms with Gasteiger partial charge >= 0.3 is 5.97 Å². The molecule has 0 saturated heterocycles. The molecule has 2 N–H and O–H groups in total. The van der Waals surface area contributed by atoms with E-state index in [2.05, 4.69) is 15.0 Å². The number of aryl methyl sites for hydroxylation is 1. The summed E-state index contributed by atoms with van der Waals surface area (Å²) >= 11 is 0. The molecule has 88 valence electrons. The standard InChI is InChI=1S/C10H14N2O4/c1-6-5-16-12-8(6)9(15)11-10(2,3)4-7(13)14/h5H,4H2,1-3H3,(H,11,15)(H,13,14). The van der Waals surface area contributed by atoms with Crippen LogP contribution in [0.25, 0.3) is 0 Å². The third-order valence-corrected chi connectivity index (χ3v) is 2.01. The summed E-state index contributed by atoms with van der Waals surface area (Å²) < 4.78 is 4.63. The van der Waals surface area contributed by atoms with Gasteiger partial charge in [-0.25, -0.2) is 0 Å². The van der Waals surface area contributed by atoms with Crippen molar-refractivity contribution in [3.63, 3.8) is 0 Å². The zero-order chi connectivity index (χ0) is 12.3. The molecular formula is C10H14N2O4. The van der Waals surface area contributed by atoms with E-state index in [1.807, 2.05) is 0 Å². The van der Waals surface area contributed by atoms with E-state index >= 15 is 0 Å². The molecule has 0 radical (unpaired) electrons. The first-order valence-electron chi connectivity index (χ1n) is 4.77. The number of carbonyl (C=O) groups excluding carboxylic acids is 1. The minimum atomic E-state index is -0.970. The highest BCUT2D eigenvalue weighted by atomic mass is 16.5. The summed E-state index contributed by atoms with van der Waals surface area (Å²) in [5.74, 6) is -1.40. The summed E-state index contributed by atoms with van der Waals surface area (Å²) in [7, 11) is 0. The molecule has 6 heteroatoms. The van der Waals surface area contributed by atoms with Crippen molar-refractivity contribution in [1.29, 1.82) is 0 Å². The SMILES string of the molecule is Cc1conc1C(=O)NC(C)(C)CC(=O)O. The van der Waals surface area contributed by atoms with Crippen LogP contribution < -0.4 is 5.32 Å². The first-order chi connectivity index (χ1) is 7.32. The fraction of sp³-hybridized carbons (Fsp3) is 0.500. The Labute approximate surface area is 92.6 Å². The predicted molar refractivity (Wildman–Crippen MR) is 55.0 cm³/mol. The first kappa shape index (κ1) is 12.2. The van der Waals surface area contributed by atoms with Crippen LogP contribution in [-0.2, 0) is 4.79 Å². The Morgan fingerprint density at radius 2 is 2.19 bits per heavy atom. The molecule has 0 saturated carbocycles. The molecule has 0 spiro atoms. The van der Waals surface area contributed by atoms with Crippen LogP contribution in [-0.4, -0.2) is 27.7 Å². The number of rotatable bonds is 4. The van der Waals surface area contributed by atoms with Gasteiger partial charge in [0.2, 0.25) is 0 Å². The van der Waals surface area contributed by atoms with Crippen LogP contribution in [0.15, 0.2) is 10.8 Å². The molecule has 1 rings (SSSR count). The smallest absolute Gasteiger partial charge is 0.305 e. The van der Waals surface area contributed by atoms with Crippen molar-refractivity contribution in [2.24, 2.45) is 0 Å². The van der Waals surface area contributed by atoms with Crippen molar-refractivity contribution >= 4 is 11.9 Å². The molecule has 0 atom stereocenters. The van der Waals surface area contributed by atoms with E-state index in [9.17, 15) is 9.59 Å². The van der Waals surface area contributed by atoms with Crippen LogP contribution in [0.1, 0.15) is 36.3 Å². The van der Waals surface area contributed by atoms with Crippen LogP contribution in [0.3, 0.4) is 0 Å². The number of aromatic nitrogens is 1. The third-order valence-electron chi connectivity index (χ3n) is 2.01. The van der Waals surface area contributed by atoms with Gasteiger partial charge in [0.25, 0.3) is 5.91 Å². The number of carbonyl (C=O) groups is 2. The predicted octanol–water partition coefficient (Wildman–Crippen LogP) is 0.966. The summed E-state index contributed by atoms with van der Waals surface area (Å²) in [6.45, 7) is 4.96. The molecule has 1 heterocycles. The monoisotopic (exact) mass is 226 g/mol. The second-order valence-corrected chi connectivity index (χ2v) is 4.25. The number of carboxylic acids is 1. The number of aliphatic carboxylic acids is 1. The van der Waals surface area contributed by atoms with E-state index in [1.165, 1.54) is 6.26 Å². The maximum absolute atomic E-state index is 11.7. The Morgan fingerprint density at radius 3 is 2.62 bits per heavy atom. The maximum Gasteiger partial charge on any atom is 0.305 e. The molecule has 6 nitrogen and oxygen atoms in total. The molecule has 0 aliphatic rings. The van der Waals surface area contributed by atoms with Gasteiger partial charge in [-0.1, -0.05) is 5.16 Å². The Bertz CT molecular complexity index is 409. The topological polar surface area (TPSA) is 92.4 Å². The normalized spacial score (nSPS) is 11.2. The maximum atomic E-state index is 11.7. The molecule has 0 aliphatic heterocycles. The lowest BCUT2D eigenvalue weighted by Crippen LogP contribution is -2.45. The molecule has 0 unspecified atom stereocenters. The van der Waals surface area contributed by atoms with E-state index in [1.54, 1.807) is 20.8 Å². The lowest BCUT2D eigenvalue weighted by atomic mass is 10.0. The number of nitrogens with zero attached hydrogens (tertiary/aromatic N) is 1. The Balaban J connectivity index is 2.71. The zero-order valence-corrected chi connectivity index (χ0v) is 9.40. The largest absolute Gasteiger partial charge is 0.481 e. The van der Waals surface area contributed by atoms with Gasteiger partial charge in [-0.15, -0.1) is 0 Å². The van der Waals surface area contributed by atoms with Gasteiger partial charge in [0.15, 0.2) is 5.69 Å². The van der Waals surface area contributed by atoms with Crippen molar-refractivity contribution < 1.29 is 19.2 Å². The van der Waals surface area contributed by atoms with Gasteiger partial charge < -0.3 is 14.9 Å². The zero-order valence-electron chi connectivity index (χ0n) is 9.40. The molecule has 1 aromatic rings. The van der Waals surface area contributed by atoms with Gasteiger partial charge in [0.05, 0.1) is 6.42 Å². The fourth-order valence-corrected chi connectivity index (χ4v) is 1.30. The Hall–Kier alpha value is -1.85. The summed E-state index contributed by atoms with van der Waals surface area (Å²) in [4.78, 5) is 22.3. The van der Waals surface area contributed by atoms with Gasteiger partial charge in [-0.3, -0.25) is 9.59 Å². The quantitative estimate of drug-likeness (QED) is 0.797. The van der Waals surface area contributed by atoms with Crippen LogP contribution in [0.4, 0.5) is 0 Å². The van der Waals surface area contributed by atoms with Crippen molar-refractivity contribution in [1.82, 2.24) is 10.5 Å². The average molecular weight is 226 g/mol. The van der Waals surface area contributed by atoms with Gasteiger partial charge in [0, 0.05) is 11.1 Å². The van der Waals surface area contributed by atoms with E-state index in [-0.39, 0.29) is 12.1 Å². The molecule has 1 aromatic heterocycles. The number of carboxylic acid groups (broad SMARTS) is 1. The second kappa shape index (κ2) is 4.34. The van der Waals surface area contributed by atoms with Crippen LogP contribution in [0.5, 0.6) is 0 Å². The Kier molecular flexibility index (Phi) is 3.31. The summed E-state index contributed by atoms with van der Waals surface area (Å²) in [5.41, 5.74) is -0.0315. The van der Waals surface area contributed by atoms with Gasteiger partial charge in [-0.05, 0) is 20.8 Å². The summed E-state index contributed by atoms with van der Waals surface area (Å²) in [6, 6.07) is 0. The third kappa shape index (κ3) is 3.08. The summed E-state index contributed by atoms with van der Waals surface area (Å²) in [5, 5.41) is 14.8. The summed E-state index contributed by atoms with van der Waals surface area (Å²) in [6.07, 6.45) is 1.20. The van der Waals surface area contributed by atoms with Gasteiger partial charge in [-0.2, -0.15) is 0 Å². The van der Waals surface area contributed by atoms with Crippen molar-refractivity contribution in [3.8, 4) is 0 Å². The molecular weight excluding hydrogens is 212 g/mol. The number of amides is 1. The van der Waals surface area contributed by atoms with Crippen LogP contribution in [0, 0.1) is 6.92 Å². The molecule has 0 aliphatic carbocycles. The second-order valence-electron chi connectivity index (χ2n) is 4.25. The van der Waals surface area contributed by atoms with E-state index in [0.29, 0.717) is 5.56 Å². The Morgan fingerprint density at radius 1 is 1.56 bits per heavy atom. The highest BCUT2D eigenvalue weighted by Crippen LogP contribution is 2.11. The molecule has 16 heavy (non-hydrogen) atoms. The highest BCUT2D eigenvalue weighted by molar-refractivity contribution is 5.94. The van der Waals surface area contributed by atoms with Crippen molar-refractivity contribution in [3.05, 3.63) is 17.5 Å². The van der Waals surface area contributed by atoms with Crippen LogP contribution >= 0.6 is 0 Å². The molecule has 0 fully saturated rings. The van der Waals surface area contributed by atoms with Crippen LogP contribution in [0.2, 0.25) is 0 Å². The molecule has 1 amide bonds. The van der Waals surface area contributed by atoms with Crippen molar-refractivity contribution in [2.75, 3.05) is 0 Å².